The van der Waals surface area contributed by atoms with E-state index < -0.39 is 6.39 Å². The van der Waals surface area contributed by atoms with Gasteiger partial charge in [-0.3, -0.25) is 29.0 Å². The van der Waals surface area contributed by atoms with Gasteiger partial charge in [-0.05, 0) is 62.9 Å². The number of carbonyl (C=O) groups excluding carboxylic acids is 6. The molecule has 4 aliphatic rings. The smallest absolute Gasteiger partial charge is 0.219 e. The second-order valence-corrected chi connectivity index (χ2v) is 33.6. The minimum atomic E-state index is -0.667. The van der Waals surface area contributed by atoms with Gasteiger partial charge in [0, 0.05) is 193 Å². The monoisotopic (exact) mass is 2070 g/mol. The van der Waals surface area contributed by atoms with Crippen molar-refractivity contribution in [3.05, 3.63) is 290 Å². The fraction of sp³-hybridized carbons (Fsp3) is 0.432. The van der Waals surface area contributed by atoms with Gasteiger partial charge in [0.15, 0.2) is 17.3 Å². The summed E-state index contributed by atoms with van der Waals surface area (Å²) in [6.45, 7) is 36.4. The van der Waals surface area contributed by atoms with Crippen molar-refractivity contribution in [2.24, 2.45) is 0 Å². The molecule has 4 N–H and O–H groups in total. The zero-order valence-electron chi connectivity index (χ0n) is 77.6. The number of likely N-dealkylation sites (tertiary alicyclic amines) is 1. The molecule has 4 fully saturated rings. The van der Waals surface area contributed by atoms with Gasteiger partial charge in [-0.1, -0.05) is 399 Å². The summed E-state index contributed by atoms with van der Waals surface area (Å²) in [6, 6.07) is 92.9. The Morgan fingerprint density at radius 2 is 0.548 bits per heavy atom. The number of nitrogens with zero attached hydrogens (tertiary/aromatic N) is 5. The quantitative estimate of drug-likeness (QED) is 0.0458. The van der Waals surface area contributed by atoms with Crippen molar-refractivity contribution in [1.29, 1.82) is 0 Å². The fourth-order valence-corrected chi connectivity index (χ4v) is 8.56. The third-order valence-corrected chi connectivity index (χ3v) is 15.0. The third-order valence-electron chi connectivity index (χ3n) is 14.4. The van der Waals surface area contributed by atoms with E-state index in [9.17, 15) is 28.8 Å². The van der Waals surface area contributed by atoms with Crippen LogP contribution in [0.3, 0.4) is 0 Å². The van der Waals surface area contributed by atoms with Crippen LogP contribution in [0, 0.1) is 0 Å². The molecule has 4 aliphatic heterocycles. The van der Waals surface area contributed by atoms with E-state index in [1.807, 2.05) is 241 Å². The van der Waals surface area contributed by atoms with Gasteiger partial charge in [-0.2, -0.15) is 22.7 Å². The van der Waals surface area contributed by atoms with E-state index >= 15 is 0 Å². The van der Waals surface area contributed by atoms with Crippen LogP contribution in [-0.4, -0.2) is 222 Å². The Morgan fingerprint density at radius 3 is 0.667 bits per heavy atom. The van der Waals surface area contributed by atoms with Crippen LogP contribution >= 0.6 is 88.6 Å². The molecule has 4 saturated heterocycles. The first-order valence-electron chi connectivity index (χ1n) is 41.4. The summed E-state index contributed by atoms with van der Waals surface area (Å²) < 4.78 is 0. The number of aliphatic hydroxyl groups is 3. The average molecular weight is 2070 g/mol. The largest absolute Gasteiger partial charge is 0.520 e. The molecule has 15 nitrogen and oxygen atoms in total. The average Bonchev–Trinajstić information content (AvgIpc) is 0.802. The van der Waals surface area contributed by atoms with Crippen LogP contribution < -0.4 is 5.32 Å². The van der Waals surface area contributed by atoms with E-state index in [2.05, 4.69) is 220 Å². The minimum absolute atomic E-state index is 0. The summed E-state index contributed by atoms with van der Waals surface area (Å²) in [4.78, 5) is 70.4. The fourth-order valence-electron chi connectivity index (χ4n) is 8.56. The number of carbonyl (C=O) groups is 4. The van der Waals surface area contributed by atoms with Crippen LogP contribution in [0.1, 0.15) is 154 Å². The predicted octanol–water partition coefficient (Wildman–Crippen LogP) is 19.9. The number of amides is 3. The SMILES string of the molecule is C.C.CC.CC.CC.CC(=O)CO.CC(=O)CO.CC(=O)CO.CC(=O)N1CC(N2CCN([C-]=O)CC2)C1.CCCP.CCCc1ccccc1.CCCc1ccccc1.CCCc1ccccc1.O=[C-]N1CCN(C2CNC2)CC1.P.PP.PPP.PPP.[B]B([B])[B].[Y].[Y].c1ccccc1.c1ccccc1.c1ccccc1.c1ccccc1.c1ccccc1. The molecular formula is C95H166B4N6O9P10Y2-2. The Labute approximate surface area is 848 Å². The van der Waals surface area contributed by atoms with Gasteiger partial charge in [0.2, 0.25) is 5.91 Å². The number of rotatable bonds is 14. The zero-order valence-corrected chi connectivity index (χ0v) is 94.8. The Kier molecular flexibility index (Phi) is 167. The van der Waals surface area contributed by atoms with E-state index in [1.165, 1.54) is 88.6 Å². The van der Waals surface area contributed by atoms with Gasteiger partial charge in [0.25, 0.3) is 0 Å². The van der Waals surface area contributed by atoms with Crippen molar-refractivity contribution in [2.75, 3.05) is 105 Å². The molecule has 31 heteroatoms. The van der Waals surface area contributed by atoms with Crippen LogP contribution in [0.4, 0.5) is 0 Å². The van der Waals surface area contributed by atoms with E-state index in [0.29, 0.717) is 6.04 Å². The number of hydrogen-bond acceptors (Lipinski definition) is 12. The number of ketones is 3. The second kappa shape index (κ2) is 136. The standard InChI is InChI=1S/C10H16N3O2.3C9H12.C8H14N3O.5C6H6.3C3H6O2.C3H9P.3C2H6.2CH4.B4.2H5P3.H4P2.H3P.2Y/c1-9(15)13-6-10(7-13)12-4-2-11(8-14)3-5-12;3*1-2-6-9-7-4-3-5-8-9;12-7-10-1-3-11(4-2-10)8-5-9-6-8;5*1-2-4-6-5-3-1;3*1-3(5)2-4;1-2-3-4;3*1-2;;;1-4(2)3;2*1-3-2;1-2;;;/h10H,2-7H2,1H3;3*3-5,7-8H,2,6H2,1H3;8-9H,1-6H2;5*1-6H;3*4H,2H2,1H3;2-4H2,1H3;3*1-2H3;2*1H4;;2*3H,1-2H2;1-2H2;1H3;;/q-1;;;;-1;;;;;;;;;;;;;;;;;;;;;. The van der Waals surface area contributed by atoms with Gasteiger partial charge in [0.05, 0.1) is 0 Å². The van der Waals surface area contributed by atoms with Gasteiger partial charge < -0.3 is 44.9 Å². The first kappa shape index (κ1) is 155. The molecule has 8 unspecified atom stereocenters. The van der Waals surface area contributed by atoms with Gasteiger partial charge >= 0.3 is 0 Å². The molecule has 8 atom stereocenters. The van der Waals surface area contributed by atoms with Crippen LogP contribution in [0.5, 0.6) is 0 Å². The molecule has 0 aromatic heterocycles. The van der Waals surface area contributed by atoms with E-state index in [-0.39, 0.29) is 133 Å². The van der Waals surface area contributed by atoms with Crippen molar-refractivity contribution < 1.29 is 110 Å². The van der Waals surface area contributed by atoms with E-state index in [4.69, 9.17) is 15.3 Å². The molecule has 0 saturated carbocycles. The Morgan fingerprint density at radius 1 is 0.389 bits per heavy atom. The molecule has 8 aromatic rings. The number of Topliss-reactive ketones (excluding diaryl/α,β-unsaturated/α-hetero) is 3. The Balaban J connectivity index is -0.0000000889. The molecule has 8 aromatic carbocycles. The van der Waals surface area contributed by atoms with E-state index in [0.717, 1.165) is 100 Å². The second-order valence-electron chi connectivity index (χ2n) is 24.4. The maximum absolute atomic E-state index is 11.0. The van der Waals surface area contributed by atoms with Crippen LogP contribution in [-0.2, 0) is 113 Å². The summed E-state index contributed by atoms with van der Waals surface area (Å²) >= 11 is 0. The summed E-state index contributed by atoms with van der Waals surface area (Å²) in [5.41, 5.74) is 4.33. The van der Waals surface area contributed by atoms with Gasteiger partial charge in [0.1, 0.15) is 19.8 Å². The number of nitrogens with one attached hydrogen (secondary N) is 1. The summed E-state index contributed by atoms with van der Waals surface area (Å²) in [5.74, 6) is -0.411. The van der Waals surface area contributed by atoms with Crippen molar-refractivity contribution in [1.82, 2.24) is 29.8 Å². The molecule has 4 heterocycles. The Hall–Kier alpha value is -2.29. The van der Waals surface area contributed by atoms with Gasteiger partial charge in [-0.25, -0.2) is 0 Å². The van der Waals surface area contributed by atoms with Crippen molar-refractivity contribution in [3.63, 3.8) is 0 Å². The Bertz CT molecular complexity index is 2780. The predicted molar refractivity (Wildman–Crippen MR) is 589 cm³/mol. The number of hydrogen-bond donors (Lipinski definition) is 4. The number of benzene rings is 8. The molecule has 126 heavy (non-hydrogen) atoms. The normalized spacial score (nSPS) is 11.1. The van der Waals surface area contributed by atoms with Crippen molar-refractivity contribution in [3.8, 4) is 0 Å². The number of aliphatic hydroxyl groups excluding tert-OH is 3. The molecule has 8 radical (unpaired) electrons. The zero-order chi connectivity index (χ0) is 93.3. The first-order chi connectivity index (χ1) is 58.7. The molecular weight excluding hydrogens is 1900 g/mol. The maximum atomic E-state index is 11.0. The molecule has 0 bridgehead atoms. The minimum Gasteiger partial charge on any atom is -0.520 e. The number of piperazine rings is 2. The van der Waals surface area contributed by atoms with Crippen LogP contribution in [0.15, 0.2) is 273 Å². The van der Waals surface area contributed by atoms with Crippen molar-refractivity contribution >= 4 is 154 Å². The molecule has 0 spiro atoms. The van der Waals surface area contributed by atoms with Crippen LogP contribution in [0.2, 0.25) is 0 Å². The summed E-state index contributed by atoms with van der Waals surface area (Å²) in [5, 5.41) is 26.6. The van der Waals surface area contributed by atoms with Crippen molar-refractivity contribution in [2.45, 2.75) is 169 Å². The third kappa shape index (κ3) is 128. The molecule has 3 amide bonds. The summed E-state index contributed by atoms with van der Waals surface area (Å²) in [7, 11) is 33.4. The maximum Gasteiger partial charge on any atom is 0.219 e. The topological polar surface area (TPSA) is 191 Å². The number of aryl methyl sites for hydroxylation is 3. The summed E-state index contributed by atoms with van der Waals surface area (Å²) in [6.07, 6.45) is 13.1. The van der Waals surface area contributed by atoms with Gasteiger partial charge in [-0.15, -0.1) is 62.8 Å². The molecule has 12 rings (SSSR count). The molecule has 0 aliphatic carbocycles. The first-order valence-corrected chi connectivity index (χ1v) is 54.2. The van der Waals surface area contributed by atoms with E-state index in [1.54, 1.807) is 16.7 Å². The molecule has 700 valence electrons. The van der Waals surface area contributed by atoms with Crippen LogP contribution in [0.25, 0.3) is 0 Å².